The highest BCUT2D eigenvalue weighted by atomic mass is 32.2. The highest BCUT2D eigenvalue weighted by molar-refractivity contribution is 8.03. The molecule has 0 bridgehead atoms. The normalized spacial score (nSPS) is 23.7. The highest BCUT2D eigenvalue weighted by Gasteiger charge is 2.45. The summed E-state index contributed by atoms with van der Waals surface area (Å²) in [6.07, 6.45) is 0.450. The Hall–Kier alpha value is -4.73. The molecule has 3 aromatic rings. The van der Waals surface area contributed by atoms with Crippen LogP contribution in [0.15, 0.2) is 30.9 Å². The van der Waals surface area contributed by atoms with E-state index in [1.54, 1.807) is 4.90 Å². The zero-order chi connectivity index (χ0) is 36.9. The van der Waals surface area contributed by atoms with Gasteiger partial charge in [-0.05, 0) is 12.8 Å². The van der Waals surface area contributed by atoms with Crippen molar-refractivity contribution in [3.63, 3.8) is 0 Å². The molecule has 6 rings (SSSR count). The number of nitrogens with one attached hydrogen (secondary N) is 3. The van der Waals surface area contributed by atoms with E-state index in [1.165, 1.54) is 32.5 Å². The number of carbonyl (C=O) groups excluding carboxylic acids is 3. The van der Waals surface area contributed by atoms with Crippen molar-refractivity contribution in [2.75, 3.05) is 16.4 Å². The number of ether oxygens (including phenoxy) is 5. The second kappa shape index (κ2) is 16.3. The summed E-state index contributed by atoms with van der Waals surface area (Å²) >= 11 is 2.01. The van der Waals surface area contributed by atoms with E-state index in [0.29, 0.717) is 28.6 Å². The van der Waals surface area contributed by atoms with Crippen LogP contribution in [0.4, 0.5) is 17.7 Å². The minimum absolute atomic E-state index is 0.00144. The van der Waals surface area contributed by atoms with Gasteiger partial charge in [0.2, 0.25) is 18.2 Å². The Balaban J connectivity index is 0.000000180. The van der Waals surface area contributed by atoms with Gasteiger partial charge in [0.25, 0.3) is 11.1 Å². The summed E-state index contributed by atoms with van der Waals surface area (Å²) in [5.41, 5.74) is 10.4. The van der Waals surface area contributed by atoms with Crippen molar-refractivity contribution < 1.29 is 38.1 Å². The Morgan fingerprint density at radius 2 is 1.42 bits per heavy atom. The summed E-state index contributed by atoms with van der Waals surface area (Å²) in [6.45, 7) is 11.9. The molecule has 3 aliphatic rings. The summed E-state index contributed by atoms with van der Waals surface area (Å²) in [4.78, 5) is 83.7. The fourth-order valence-electron chi connectivity index (χ4n) is 5.22. The lowest BCUT2D eigenvalue weighted by Gasteiger charge is -2.29. The summed E-state index contributed by atoms with van der Waals surface area (Å²) in [6, 6.07) is 0. The third-order valence-corrected chi connectivity index (χ3v) is 9.13. The molecule has 272 valence electrons. The number of carbonyl (C=O) groups is 3. The Kier molecular flexibility index (Phi) is 12.4. The standard InChI is InChI=1S/C14H18N4O4S.C10H16O5.C5H4N4O2S/c1-4-8-5-9(21-7(3)19)13(22-8)18-6(2)23-10-11(18)16-14(15)17-12(10)20;1-4-8-5-9(13-6(2)11)10(15-8)14-7(3)12;6-4-7-2-1(3(10)9-4)12-5(11)8-2/h8-9,13H,2,4-5H2,1,3H3,(H3,15,16,17,20);8-10H,4-5H2,1-3H3;(H4,6,7,8,9,10,11)/t8-,9-,13-;8-,9-,10-;/m11./s1. The van der Waals surface area contributed by atoms with Gasteiger partial charge in [-0.1, -0.05) is 43.5 Å². The summed E-state index contributed by atoms with van der Waals surface area (Å²) in [5.74, 6) is -0.798. The number of hydrogen-bond acceptors (Lipinski definition) is 18. The Bertz CT molecular complexity index is 1900. The number of nitrogens with zero attached hydrogens (tertiary/aromatic N) is 3. The van der Waals surface area contributed by atoms with Crippen LogP contribution in [0.3, 0.4) is 0 Å². The second-order valence-electron chi connectivity index (χ2n) is 11.1. The maximum atomic E-state index is 12.0. The first kappa shape index (κ1) is 38.1. The van der Waals surface area contributed by atoms with Crippen LogP contribution in [-0.2, 0) is 38.1 Å². The molecule has 2 fully saturated rings. The molecule has 0 aromatic carbocycles. The van der Waals surface area contributed by atoms with Crippen molar-refractivity contribution in [1.82, 2.24) is 24.9 Å². The van der Waals surface area contributed by atoms with E-state index in [2.05, 4.69) is 31.5 Å². The molecule has 50 heavy (non-hydrogen) atoms. The molecule has 0 saturated carbocycles. The molecular formula is C29H38N8O11S2. The average Bonchev–Trinajstić information content (AvgIpc) is 3.77. The molecule has 3 aliphatic heterocycles. The van der Waals surface area contributed by atoms with E-state index < -0.39 is 36.7 Å². The largest absolute Gasteiger partial charge is 0.458 e. The van der Waals surface area contributed by atoms with E-state index in [0.717, 1.165) is 24.2 Å². The molecular weight excluding hydrogens is 700 g/mol. The lowest BCUT2D eigenvalue weighted by Crippen LogP contribution is -2.41. The first-order valence-corrected chi connectivity index (χ1v) is 17.0. The number of rotatable bonds is 6. The van der Waals surface area contributed by atoms with Crippen molar-refractivity contribution in [1.29, 1.82) is 0 Å². The maximum absolute atomic E-state index is 12.0. The highest BCUT2D eigenvalue weighted by Crippen LogP contribution is 2.46. The SMILES string of the molecule is C=C1Sc2c(nc(N)[nH]c2=O)N1[C@@H]1O[C@H](CC)C[C@H]1OC(C)=O.CC[C@@H]1C[C@@H](OC(C)=O)[C@H](OC(C)=O)O1.Nc1nc2[nH]c(=O)sc2c(=O)[nH]1. The number of esters is 3. The molecule has 0 unspecified atom stereocenters. The lowest BCUT2D eigenvalue weighted by molar-refractivity contribution is -0.194. The molecule has 0 radical (unpaired) electrons. The Labute approximate surface area is 292 Å². The van der Waals surface area contributed by atoms with Crippen LogP contribution in [0.5, 0.6) is 0 Å². The van der Waals surface area contributed by atoms with Crippen LogP contribution in [0.2, 0.25) is 0 Å². The molecule has 6 heterocycles. The van der Waals surface area contributed by atoms with Gasteiger partial charge in [-0.3, -0.25) is 48.6 Å². The molecule has 7 N–H and O–H groups in total. The van der Waals surface area contributed by atoms with E-state index in [1.807, 2.05) is 13.8 Å². The van der Waals surface area contributed by atoms with Crippen LogP contribution < -0.4 is 32.4 Å². The molecule has 6 atom stereocenters. The van der Waals surface area contributed by atoms with E-state index in [4.69, 9.17) is 35.2 Å². The summed E-state index contributed by atoms with van der Waals surface area (Å²) in [5, 5.41) is 0.586. The van der Waals surface area contributed by atoms with Crippen molar-refractivity contribution in [3.8, 4) is 0 Å². The molecule has 21 heteroatoms. The number of thiazole rings is 1. The molecule has 0 spiro atoms. The number of fused-ring (bicyclic) bond motifs is 2. The third kappa shape index (κ3) is 9.28. The zero-order valence-electron chi connectivity index (χ0n) is 27.8. The number of aromatic nitrogens is 5. The van der Waals surface area contributed by atoms with Crippen LogP contribution in [0.1, 0.15) is 60.3 Å². The number of hydrogen-bond donors (Lipinski definition) is 5. The number of nitrogen functional groups attached to an aromatic ring is 2. The topological polar surface area (TPSA) is 277 Å². The minimum Gasteiger partial charge on any atom is -0.458 e. The monoisotopic (exact) mass is 738 g/mol. The van der Waals surface area contributed by atoms with Crippen molar-refractivity contribution in [3.05, 3.63) is 42.0 Å². The van der Waals surface area contributed by atoms with Gasteiger partial charge in [0.05, 0.1) is 17.2 Å². The fraction of sp³-hybridized carbons (Fsp3) is 0.517. The number of thioether (sulfide) groups is 1. The predicted molar refractivity (Wildman–Crippen MR) is 182 cm³/mol. The van der Waals surface area contributed by atoms with Gasteiger partial charge in [-0.25, -0.2) is 0 Å². The van der Waals surface area contributed by atoms with Crippen LogP contribution in [0.25, 0.3) is 10.3 Å². The van der Waals surface area contributed by atoms with E-state index in [-0.39, 0.29) is 56.4 Å². The van der Waals surface area contributed by atoms with Gasteiger partial charge in [-0.15, -0.1) is 0 Å². The number of anilines is 3. The predicted octanol–water partition coefficient (Wildman–Crippen LogP) is 1.45. The Morgan fingerprint density at radius 1 is 0.860 bits per heavy atom. The van der Waals surface area contributed by atoms with Crippen molar-refractivity contribution >= 4 is 69.1 Å². The minimum atomic E-state index is -0.753. The second-order valence-corrected chi connectivity index (χ2v) is 13.1. The maximum Gasteiger partial charge on any atom is 0.306 e. The van der Waals surface area contributed by atoms with Crippen LogP contribution in [0, 0.1) is 0 Å². The van der Waals surface area contributed by atoms with Gasteiger partial charge in [0, 0.05) is 33.6 Å². The van der Waals surface area contributed by atoms with Gasteiger partial charge in [0.15, 0.2) is 23.8 Å². The van der Waals surface area contributed by atoms with Gasteiger partial charge in [-0.2, -0.15) is 9.97 Å². The molecule has 19 nitrogen and oxygen atoms in total. The van der Waals surface area contributed by atoms with E-state index in [9.17, 15) is 28.8 Å². The Morgan fingerprint density at radius 3 is 2.04 bits per heavy atom. The van der Waals surface area contributed by atoms with Crippen molar-refractivity contribution in [2.45, 2.75) is 102 Å². The van der Waals surface area contributed by atoms with Gasteiger partial charge < -0.3 is 35.2 Å². The zero-order valence-corrected chi connectivity index (χ0v) is 29.4. The fourth-order valence-corrected chi connectivity index (χ4v) is 6.79. The molecule has 2 saturated heterocycles. The molecule has 0 amide bonds. The van der Waals surface area contributed by atoms with Crippen molar-refractivity contribution in [2.24, 2.45) is 0 Å². The average molecular weight is 739 g/mol. The number of aromatic amines is 3. The number of nitrogens with two attached hydrogens (primary N) is 2. The summed E-state index contributed by atoms with van der Waals surface area (Å²) < 4.78 is 27.0. The molecule has 3 aromatic heterocycles. The number of H-pyrrole nitrogens is 3. The quantitative estimate of drug-likeness (QED) is 0.177. The van der Waals surface area contributed by atoms with Gasteiger partial charge >= 0.3 is 22.8 Å². The third-order valence-electron chi connectivity index (χ3n) is 7.26. The first-order chi connectivity index (χ1) is 23.6. The van der Waals surface area contributed by atoms with E-state index >= 15 is 0 Å². The summed E-state index contributed by atoms with van der Waals surface area (Å²) in [7, 11) is 0. The molecule has 0 aliphatic carbocycles. The van der Waals surface area contributed by atoms with Crippen LogP contribution in [-0.4, -0.2) is 79.8 Å². The smallest absolute Gasteiger partial charge is 0.306 e. The van der Waals surface area contributed by atoms with Crippen LogP contribution >= 0.6 is 23.1 Å². The lowest BCUT2D eigenvalue weighted by atomic mass is 10.1. The first-order valence-electron chi connectivity index (χ1n) is 15.4. The van der Waals surface area contributed by atoms with Gasteiger partial charge in [0.1, 0.15) is 15.7 Å².